The number of likely N-dealkylation sites (tertiary alicyclic amines) is 1. The van der Waals surface area contributed by atoms with E-state index in [-0.39, 0.29) is 22.5 Å². The molecule has 3 rings (SSSR count). The molecule has 1 fully saturated rings. The SMILES string of the molecule is Cc1cc(NC(=O)c2ccc(F)cc2Cl)sc1C(=O)NC1CCN(CC(C)C)CC1. The highest BCUT2D eigenvalue weighted by Gasteiger charge is 2.23. The number of hydrogen-bond donors (Lipinski definition) is 2. The first-order valence-electron chi connectivity index (χ1n) is 10.1. The largest absolute Gasteiger partial charge is 0.349 e. The third-order valence-electron chi connectivity index (χ3n) is 5.08. The number of nitrogens with one attached hydrogen (secondary N) is 2. The Kier molecular flexibility index (Phi) is 7.50. The van der Waals surface area contributed by atoms with Crippen molar-refractivity contribution in [3.8, 4) is 0 Å². The molecule has 1 aliphatic heterocycles. The Labute approximate surface area is 185 Å². The molecule has 0 saturated carbocycles. The fraction of sp³-hybridized carbons (Fsp3) is 0.455. The fourth-order valence-electron chi connectivity index (χ4n) is 3.65. The lowest BCUT2D eigenvalue weighted by molar-refractivity contribution is 0.0910. The number of halogens is 2. The van der Waals surface area contributed by atoms with Crippen LogP contribution in [0.15, 0.2) is 24.3 Å². The Balaban J connectivity index is 1.59. The monoisotopic (exact) mass is 451 g/mol. The van der Waals surface area contributed by atoms with Crippen LogP contribution in [-0.2, 0) is 0 Å². The summed E-state index contributed by atoms with van der Waals surface area (Å²) in [6, 6.07) is 5.55. The molecule has 0 atom stereocenters. The second kappa shape index (κ2) is 9.90. The molecule has 1 aliphatic rings. The van der Waals surface area contributed by atoms with Crippen molar-refractivity contribution in [1.29, 1.82) is 0 Å². The van der Waals surface area contributed by atoms with Gasteiger partial charge in [-0.2, -0.15) is 0 Å². The lowest BCUT2D eigenvalue weighted by atomic mass is 10.0. The molecule has 0 bridgehead atoms. The van der Waals surface area contributed by atoms with Crippen molar-refractivity contribution in [3.05, 3.63) is 51.1 Å². The molecule has 8 heteroatoms. The second-order valence-corrected chi connectivity index (χ2v) is 9.60. The first kappa shape index (κ1) is 22.7. The highest BCUT2D eigenvalue weighted by Crippen LogP contribution is 2.28. The minimum atomic E-state index is -0.502. The summed E-state index contributed by atoms with van der Waals surface area (Å²) in [7, 11) is 0. The van der Waals surface area contributed by atoms with Gasteiger partial charge in [-0.3, -0.25) is 9.59 Å². The smallest absolute Gasteiger partial charge is 0.261 e. The van der Waals surface area contributed by atoms with Crippen LogP contribution in [0.1, 0.15) is 52.3 Å². The Hall–Kier alpha value is -1.96. The summed E-state index contributed by atoms with van der Waals surface area (Å²) in [5, 5.41) is 6.48. The number of aryl methyl sites for hydroxylation is 1. The van der Waals surface area contributed by atoms with E-state index in [4.69, 9.17) is 11.6 Å². The molecule has 2 heterocycles. The van der Waals surface area contributed by atoms with E-state index in [2.05, 4.69) is 29.4 Å². The minimum absolute atomic E-state index is 0.0440. The van der Waals surface area contributed by atoms with Crippen LogP contribution in [0.2, 0.25) is 5.02 Å². The van der Waals surface area contributed by atoms with Crippen molar-refractivity contribution in [2.75, 3.05) is 25.0 Å². The number of amides is 2. The molecular weight excluding hydrogens is 425 g/mol. The zero-order valence-electron chi connectivity index (χ0n) is 17.4. The first-order valence-corrected chi connectivity index (χ1v) is 11.3. The molecule has 0 aliphatic carbocycles. The molecular formula is C22H27ClFN3O2S. The number of benzene rings is 1. The number of piperidine rings is 1. The molecule has 1 aromatic heterocycles. The van der Waals surface area contributed by atoms with Crippen LogP contribution in [0.5, 0.6) is 0 Å². The Bertz CT molecular complexity index is 923. The van der Waals surface area contributed by atoms with Gasteiger partial charge in [-0.25, -0.2) is 4.39 Å². The van der Waals surface area contributed by atoms with Crippen LogP contribution in [0, 0.1) is 18.7 Å². The van der Waals surface area contributed by atoms with E-state index in [1.807, 2.05) is 6.92 Å². The van der Waals surface area contributed by atoms with Crippen LogP contribution in [0.4, 0.5) is 9.39 Å². The van der Waals surface area contributed by atoms with E-state index in [1.54, 1.807) is 6.07 Å². The maximum absolute atomic E-state index is 13.2. The summed E-state index contributed by atoms with van der Waals surface area (Å²) in [6.07, 6.45) is 1.88. The number of rotatable bonds is 6. The first-order chi connectivity index (χ1) is 14.2. The highest BCUT2D eigenvalue weighted by molar-refractivity contribution is 7.18. The van der Waals surface area contributed by atoms with Crippen LogP contribution in [0.3, 0.4) is 0 Å². The summed E-state index contributed by atoms with van der Waals surface area (Å²) >= 11 is 7.18. The van der Waals surface area contributed by atoms with Crippen LogP contribution in [-0.4, -0.2) is 42.4 Å². The van der Waals surface area contributed by atoms with E-state index in [0.29, 0.717) is 15.8 Å². The maximum Gasteiger partial charge on any atom is 0.261 e. The van der Waals surface area contributed by atoms with Gasteiger partial charge in [0.05, 0.1) is 20.5 Å². The molecule has 2 amide bonds. The van der Waals surface area contributed by atoms with Gasteiger partial charge in [-0.15, -0.1) is 11.3 Å². The zero-order chi connectivity index (χ0) is 21.8. The van der Waals surface area contributed by atoms with Gasteiger partial charge in [0.25, 0.3) is 11.8 Å². The predicted octanol–water partition coefficient (Wildman–Crippen LogP) is 4.95. The van der Waals surface area contributed by atoms with Gasteiger partial charge in [-0.05, 0) is 55.5 Å². The van der Waals surface area contributed by atoms with Crippen molar-refractivity contribution in [2.45, 2.75) is 39.7 Å². The van der Waals surface area contributed by atoms with Crippen LogP contribution >= 0.6 is 22.9 Å². The third-order valence-corrected chi connectivity index (χ3v) is 6.55. The minimum Gasteiger partial charge on any atom is -0.349 e. The number of anilines is 1. The van der Waals surface area contributed by atoms with Gasteiger partial charge < -0.3 is 15.5 Å². The van der Waals surface area contributed by atoms with Gasteiger partial charge in [0, 0.05) is 25.7 Å². The summed E-state index contributed by atoms with van der Waals surface area (Å²) in [4.78, 5) is 28.2. The molecule has 2 N–H and O–H groups in total. The van der Waals surface area contributed by atoms with E-state index >= 15 is 0 Å². The van der Waals surface area contributed by atoms with Crippen molar-refractivity contribution < 1.29 is 14.0 Å². The molecule has 30 heavy (non-hydrogen) atoms. The number of thiophene rings is 1. The van der Waals surface area contributed by atoms with Crippen LogP contribution in [0.25, 0.3) is 0 Å². The molecule has 0 radical (unpaired) electrons. The maximum atomic E-state index is 13.2. The van der Waals surface area contributed by atoms with Crippen molar-refractivity contribution in [2.24, 2.45) is 5.92 Å². The summed E-state index contributed by atoms with van der Waals surface area (Å²) in [5.74, 6) is -0.410. The number of hydrogen-bond acceptors (Lipinski definition) is 4. The third kappa shape index (κ3) is 5.80. The van der Waals surface area contributed by atoms with E-state index in [0.717, 1.165) is 44.1 Å². The quantitative estimate of drug-likeness (QED) is 0.653. The number of carbonyl (C=O) groups excluding carboxylic acids is 2. The van der Waals surface area contributed by atoms with Gasteiger partial charge in [0.1, 0.15) is 5.82 Å². The standard InChI is InChI=1S/C22H27ClFN3O2S/c1-13(2)12-27-8-6-16(7-9-27)25-22(29)20-14(3)10-19(30-20)26-21(28)17-5-4-15(24)11-18(17)23/h4-5,10-11,13,16H,6-9,12H2,1-3H3,(H,25,29)(H,26,28). The van der Waals surface area contributed by atoms with E-state index in [1.165, 1.54) is 23.5 Å². The van der Waals surface area contributed by atoms with Crippen LogP contribution < -0.4 is 10.6 Å². The lowest BCUT2D eigenvalue weighted by Crippen LogP contribution is -2.45. The summed E-state index contributed by atoms with van der Waals surface area (Å²) in [5.41, 5.74) is 0.985. The summed E-state index contributed by atoms with van der Waals surface area (Å²) < 4.78 is 13.2. The second-order valence-electron chi connectivity index (χ2n) is 8.14. The van der Waals surface area contributed by atoms with Gasteiger partial charge >= 0.3 is 0 Å². The normalized spacial score (nSPS) is 15.4. The lowest BCUT2D eigenvalue weighted by Gasteiger charge is -2.33. The Morgan fingerprint density at radius 2 is 1.93 bits per heavy atom. The predicted molar refractivity (Wildman–Crippen MR) is 120 cm³/mol. The topological polar surface area (TPSA) is 61.4 Å². The average Bonchev–Trinajstić information content (AvgIpc) is 3.03. The van der Waals surface area contributed by atoms with Gasteiger partial charge in [-0.1, -0.05) is 25.4 Å². The highest BCUT2D eigenvalue weighted by atomic mass is 35.5. The average molecular weight is 452 g/mol. The molecule has 0 unspecified atom stereocenters. The number of carbonyl (C=O) groups is 2. The van der Waals surface area contributed by atoms with Crippen molar-refractivity contribution in [1.82, 2.24) is 10.2 Å². The fourth-order valence-corrected chi connectivity index (χ4v) is 4.87. The van der Waals surface area contributed by atoms with Gasteiger partial charge in [0.2, 0.25) is 0 Å². The van der Waals surface area contributed by atoms with E-state index < -0.39 is 11.7 Å². The Morgan fingerprint density at radius 1 is 1.23 bits per heavy atom. The molecule has 1 aromatic carbocycles. The zero-order valence-corrected chi connectivity index (χ0v) is 19.0. The number of nitrogens with zero attached hydrogens (tertiary/aromatic N) is 1. The molecule has 1 saturated heterocycles. The van der Waals surface area contributed by atoms with E-state index in [9.17, 15) is 14.0 Å². The van der Waals surface area contributed by atoms with Crippen molar-refractivity contribution >= 4 is 39.8 Å². The summed E-state index contributed by atoms with van der Waals surface area (Å²) in [6.45, 7) is 9.35. The van der Waals surface area contributed by atoms with Crippen molar-refractivity contribution in [3.63, 3.8) is 0 Å². The molecule has 0 spiro atoms. The molecule has 5 nitrogen and oxygen atoms in total. The molecule has 2 aromatic rings. The Morgan fingerprint density at radius 3 is 2.57 bits per heavy atom. The van der Waals surface area contributed by atoms with Gasteiger partial charge in [0.15, 0.2) is 0 Å². The molecule has 162 valence electrons.